The Hall–Kier alpha value is -0.940. The molecule has 1 heterocycles. The molecule has 3 nitrogen and oxygen atoms in total. The molecule has 1 amide bonds. The quantitative estimate of drug-likeness (QED) is 0.928. The van der Waals surface area contributed by atoms with Crippen molar-refractivity contribution in [1.29, 1.82) is 0 Å². The fourth-order valence-electron chi connectivity index (χ4n) is 2.16. The molecule has 18 heavy (non-hydrogen) atoms. The van der Waals surface area contributed by atoms with E-state index in [1.54, 1.807) is 24.1 Å². The highest BCUT2D eigenvalue weighted by molar-refractivity contribution is 9.10. The molecule has 2 rings (SSSR count). The van der Waals surface area contributed by atoms with Crippen LogP contribution in [0.1, 0.15) is 18.4 Å². The summed E-state index contributed by atoms with van der Waals surface area (Å²) in [5.41, 5.74) is 0.526. The zero-order chi connectivity index (χ0) is 13.1. The molecular weight excluding hydrogens is 299 g/mol. The van der Waals surface area contributed by atoms with Gasteiger partial charge in [0.15, 0.2) is 0 Å². The number of hydrogen-bond donors (Lipinski definition) is 1. The van der Waals surface area contributed by atoms with Crippen LogP contribution in [0.2, 0.25) is 0 Å². The summed E-state index contributed by atoms with van der Waals surface area (Å²) >= 11 is 3.31. The Balaban J connectivity index is 2.03. The molecular formula is C13H16BrFN2O. The largest absolute Gasteiger partial charge is 0.340 e. The maximum atomic E-state index is 13.6. The van der Waals surface area contributed by atoms with Gasteiger partial charge in [0, 0.05) is 23.6 Å². The Morgan fingerprint density at radius 3 is 3.06 bits per heavy atom. The van der Waals surface area contributed by atoms with Crippen molar-refractivity contribution in [2.45, 2.75) is 25.4 Å². The van der Waals surface area contributed by atoms with E-state index in [0.29, 0.717) is 12.1 Å². The Bertz CT molecular complexity index is 447. The third kappa shape index (κ3) is 3.09. The van der Waals surface area contributed by atoms with Gasteiger partial charge >= 0.3 is 0 Å². The van der Waals surface area contributed by atoms with Crippen LogP contribution >= 0.6 is 15.9 Å². The lowest BCUT2D eigenvalue weighted by atomic mass is 10.1. The van der Waals surface area contributed by atoms with E-state index in [-0.39, 0.29) is 17.8 Å². The van der Waals surface area contributed by atoms with E-state index in [0.717, 1.165) is 23.9 Å². The third-order valence-electron chi connectivity index (χ3n) is 3.15. The summed E-state index contributed by atoms with van der Waals surface area (Å²) in [5, 5.41) is 3.15. The van der Waals surface area contributed by atoms with E-state index in [9.17, 15) is 9.18 Å². The highest BCUT2D eigenvalue weighted by atomic mass is 79.9. The summed E-state index contributed by atoms with van der Waals surface area (Å²) < 4.78 is 14.4. The van der Waals surface area contributed by atoms with Crippen LogP contribution in [-0.2, 0) is 11.3 Å². The monoisotopic (exact) mass is 314 g/mol. The summed E-state index contributed by atoms with van der Waals surface area (Å²) in [6.45, 7) is 1.18. The molecule has 1 fully saturated rings. The standard InChI is InChI=1S/C13H16BrFN2O/c1-17(13(18)12-3-2-6-16-12)8-9-7-10(14)4-5-11(9)15/h4-5,7,12,16H,2-3,6,8H2,1H3/t12-/m1/s1. The maximum absolute atomic E-state index is 13.6. The minimum absolute atomic E-state index is 0.0341. The average molecular weight is 315 g/mol. The fraction of sp³-hybridized carbons (Fsp3) is 0.462. The lowest BCUT2D eigenvalue weighted by Crippen LogP contribution is -2.41. The summed E-state index contributed by atoms with van der Waals surface area (Å²) in [7, 11) is 1.71. The number of carbonyl (C=O) groups is 1. The Morgan fingerprint density at radius 2 is 2.39 bits per heavy atom. The minimum atomic E-state index is -0.280. The molecule has 1 saturated heterocycles. The molecule has 0 unspecified atom stereocenters. The predicted octanol–water partition coefficient (Wildman–Crippen LogP) is 2.30. The number of halogens is 2. The minimum Gasteiger partial charge on any atom is -0.340 e. The summed E-state index contributed by atoms with van der Waals surface area (Å²) in [6.07, 6.45) is 1.89. The number of amides is 1. The first-order valence-electron chi connectivity index (χ1n) is 6.00. The first kappa shape index (κ1) is 13.5. The van der Waals surface area contributed by atoms with Crippen molar-refractivity contribution in [3.8, 4) is 0 Å². The van der Waals surface area contributed by atoms with Gasteiger partial charge in [-0.3, -0.25) is 4.79 Å². The number of benzene rings is 1. The van der Waals surface area contributed by atoms with E-state index in [2.05, 4.69) is 21.2 Å². The molecule has 1 aliphatic rings. The lowest BCUT2D eigenvalue weighted by molar-refractivity contribution is -0.132. The van der Waals surface area contributed by atoms with Crippen molar-refractivity contribution >= 4 is 21.8 Å². The molecule has 98 valence electrons. The highest BCUT2D eigenvalue weighted by Gasteiger charge is 2.25. The zero-order valence-electron chi connectivity index (χ0n) is 10.2. The Kier molecular flexibility index (Phi) is 4.35. The van der Waals surface area contributed by atoms with Gasteiger partial charge in [0.25, 0.3) is 0 Å². The van der Waals surface area contributed by atoms with Gasteiger partial charge in [0.1, 0.15) is 5.82 Å². The van der Waals surface area contributed by atoms with Crippen molar-refractivity contribution < 1.29 is 9.18 Å². The van der Waals surface area contributed by atoms with Crippen molar-refractivity contribution in [2.24, 2.45) is 0 Å². The normalized spacial score (nSPS) is 18.9. The van der Waals surface area contributed by atoms with Gasteiger partial charge in [-0.1, -0.05) is 15.9 Å². The van der Waals surface area contributed by atoms with Gasteiger partial charge in [0.2, 0.25) is 5.91 Å². The van der Waals surface area contributed by atoms with Crippen LogP contribution in [-0.4, -0.2) is 30.4 Å². The van der Waals surface area contributed by atoms with E-state index in [4.69, 9.17) is 0 Å². The third-order valence-corrected chi connectivity index (χ3v) is 3.64. The molecule has 0 aromatic heterocycles. The van der Waals surface area contributed by atoms with Crippen LogP contribution in [0.15, 0.2) is 22.7 Å². The molecule has 0 radical (unpaired) electrons. The molecule has 0 saturated carbocycles. The van der Waals surface area contributed by atoms with E-state index in [1.165, 1.54) is 6.07 Å². The van der Waals surface area contributed by atoms with Crippen LogP contribution in [0.3, 0.4) is 0 Å². The van der Waals surface area contributed by atoms with Crippen molar-refractivity contribution in [3.63, 3.8) is 0 Å². The second kappa shape index (κ2) is 5.80. The number of likely N-dealkylation sites (N-methyl/N-ethyl adjacent to an activating group) is 1. The molecule has 1 N–H and O–H groups in total. The van der Waals surface area contributed by atoms with Crippen LogP contribution in [0.25, 0.3) is 0 Å². The lowest BCUT2D eigenvalue weighted by Gasteiger charge is -2.21. The van der Waals surface area contributed by atoms with E-state index < -0.39 is 0 Å². The molecule has 0 bridgehead atoms. The van der Waals surface area contributed by atoms with Crippen LogP contribution in [0, 0.1) is 5.82 Å². The average Bonchev–Trinajstić information content (AvgIpc) is 2.86. The highest BCUT2D eigenvalue weighted by Crippen LogP contribution is 2.18. The van der Waals surface area contributed by atoms with E-state index >= 15 is 0 Å². The second-order valence-electron chi connectivity index (χ2n) is 4.58. The first-order chi connectivity index (χ1) is 8.58. The van der Waals surface area contributed by atoms with Crippen molar-refractivity contribution in [2.75, 3.05) is 13.6 Å². The predicted molar refractivity (Wildman–Crippen MR) is 71.6 cm³/mol. The summed E-state index contributed by atoms with van der Waals surface area (Å²) in [5.74, 6) is -0.246. The SMILES string of the molecule is CN(Cc1cc(Br)ccc1F)C(=O)[C@H]1CCCN1. The molecule has 1 aromatic carbocycles. The molecule has 5 heteroatoms. The van der Waals surface area contributed by atoms with Crippen molar-refractivity contribution in [3.05, 3.63) is 34.1 Å². The van der Waals surface area contributed by atoms with Crippen LogP contribution in [0.4, 0.5) is 4.39 Å². The number of carbonyl (C=O) groups excluding carboxylic acids is 1. The summed E-state index contributed by atoms with van der Waals surface area (Å²) in [6, 6.07) is 4.66. The van der Waals surface area contributed by atoms with Gasteiger partial charge in [0.05, 0.1) is 6.04 Å². The number of hydrogen-bond acceptors (Lipinski definition) is 2. The fourth-order valence-corrected chi connectivity index (χ4v) is 2.57. The first-order valence-corrected chi connectivity index (χ1v) is 6.79. The summed E-state index contributed by atoms with van der Waals surface area (Å²) in [4.78, 5) is 13.7. The molecule has 0 spiro atoms. The number of rotatable bonds is 3. The second-order valence-corrected chi connectivity index (χ2v) is 5.49. The molecule has 1 aromatic rings. The number of nitrogens with zero attached hydrogens (tertiary/aromatic N) is 1. The van der Waals surface area contributed by atoms with Gasteiger partial charge in [-0.15, -0.1) is 0 Å². The van der Waals surface area contributed by atoms with Crippen LogP contribution < -0.4 is 5.32 Å². The van der Waals surface area contributed by atoms with Crippen molar-refractivity contribution in [1.82, 2.24) is 10.2 Å². The smallest absolute Gasteiger partial charge is 0.239 e. The van der Waals surface area contributed by atoms with Gasteiger partial charge in [-0.2, -0.15) is 0 Å². The van der Waals surface area contributed by atoms with Gasteiger partial charge < -0.3 is 10.2 Å². The van der Waals surface area contributed by atoms with Gasteiger partial charge in [-0.05, 0) is 37.6 Å². The molecule has 1 aliphatic heterocycles. The van der Waals surface area contributed by atoms with E-state index in [1.807, 2.05) is 0 Å². The van der Waals surface area contributed by atoms with Crippen LogP contribution in [0.5, 0.6) is 0 Å². The topological polar surface area (TPSA) is 32.3 Å². The zero-order valence-corrected chi connectivity index (χ0v) is 11.8. The Labute approximate surface area is 114 Å². The molecule has 1 atom stereocenters. The number of nitrogens with one attached hydrogen (secondary N) is 1. The maximum Gasteiger partial charge on any atom is 0.239 e. The Morgan fingerprint density at radius 1 is 1.61 bits per heavy atom. The van der Waals surface area contributed by atoms with Gasteiger partial charge in [-0.25, -0.2) is 4.39 Å². The molecule has 0 aliphatic carbocycles.